The van der Waals surface area contributed by atoms with Crippen LogP contribution in [0.2, 0.25) is 0 Å². The van der Waals surface area contributed by atoms with Gasteiger partial charge in [-0.3, -0.25) is 4.79 Å². The second-order valence-corrected chi connectivity index (χ2v) is 9.60. The van der Waals surface area contributed by atoms with Crippen LogP contribution in [0.3, 0.4) is 0 Å². The van der Waals surface area contributed by atoms with E-state index in [1.165, 1.54) is 11.1 Å². The van der Waals surface area contributed by atoms with Crippen LogP contribution in [0.4, 0.5) is 4.79 Å². The number of ether oxygens (including phenoxy) is 1. The van der Waals surface area contributed by atoms with E-state index < -0.39 is 11.7 Å². The average molecular weight is 482 g/mol. The van der Waals surface area contributed by atoms with Crippen LogP contribution in [0.15, 0.2) is 84.0 Å². The van der Waals surface area contributed by atoms with E-state index in [9.17, 15) is 9.59 Å². The molecule has 1 aliphatic carbocycles. The summed E-state index contributed by atoms with van der Waals surface area (Å²) in [6, 6.07) is 26.3. The standard InChI is InChI=1S/C29H27N3O4/c33-27(32-15-14-29(19-32)16-26(31-36-29)20-8-2-1-3-9-20)17-30-28(34)35-18-25-23-12-6-4-10-21(23)22-11-5-7-13-24(22)25/h1-13,25H,14-19H2,(H,30,34)/t29-/m0/s1. The molecule has 7 heteroatoms. The van der Waals surface area contributed by atoms with Crippen molar-refractivity contribution in [3.05, 3.63) is 95.6 Å². The van der Waals surface area contributed by atoms with Gasteiger partial charge >= 0.3 is 6.09 Å². The fourth-order valence-corrected chi connectivity index (χ4v) is 5.49. The summed E-state index contributed by atoms with van der Waals surface area (Å²) in [6.07, 6.45) is 0.787. The van der Waals surface area contributed by atoms with Gasteiger partial charge in [0.15, 0.2) is 5.60 Å². The molecule has 1 saturated heterocycles. The molecule has 0 saturated carbocycles. The first-order valence-corrected chi connectivity index (χ1v) is 12.3. The summed E-state index contributed by atoms with van der Waals surface area (Å²) in [5.41, 5.74) is 6.11. The van der Waals surface area contributed by atoms with E-state index in [4.69, 9.17) is 9.57 Å². The molecule has 0 unspecified atom stereocenters. The molecule has 2 aliphatic heterocycles. The number of carbonyl (C=O) groups is 2. The quantitative estimate of drug-likeness (QED) is 0.589. The van der Waals surface area contributed by atoms with Gasteiger partial charge in [0.05, 0.1) is 12.3 Å². The SMILES string of the molecule is O=C(NCC(=O)N1CC[C@]2(CC(c3ccccc3)=NO2)C1)OCC1c2ccccc2-c2ccccc21. The predicted molar refractivity (Wildman–Crippen MR) is 136 cm³/mol. The van der Waals surface area contributed by atoms with Crippen LogP contribution in [0.5, 0.6) is 0 Å². The molecule has 3 aromatic rings. The van der Waals surface area contributed by atoms with Crippen LogP contribution in [-0.4, -0.2) is 54.5 Å². The van der Waals surface area contributed by atoms with Gasteiger partial charge in [-0.15, -0.1) is 0 Å². The number of rotatable bonds is 5. The molecule has 0 radical (unpaired) electrons. The van der Waals surface area contributed by atoms with Gasteiger partial charge in [-0.25, -0.2) is 4.79 Å². The van der Waals surface area contributed by atoms with Gasteiger partial charge in [-0.1, -0.05) is 84.0 Å². The average Bonchev–Trinajstić information content (AvgIpc) is 3.63. The minimum absolute atomic E-state index is 0.0179. The largest absolute Gasteiger partial charge is 0.449 e. The highest BCUT2D eigenvalue weighted by molar-refractivity contribution is 6.01. The lowest BCUT2D eigenvalue weighted by atomic mass is 9.93. The molecule has 36 heavy (non-hydrogen) atoms. The van der Waals surface area contributed by atoms with Crippen molar-refractivity contribution >= 4 is 17.7 Å². The van der Waals surface area contributed by atoms with Crippen molar-refractivity contribution < 1.29 is 19.2 Å². The van der Waals surface area contributed by atoms with Crippen LogP contribution >= 0.6 is 0 Å². The Labute approximate surface area is 209 Å². The van der Waals surface area contributed by atoms with Gasteiger partial charge in [-0.05, 0) is 27.8 Å². The van der Waals surface area contributed by atoms with Crippen LogP contribution in [0.25, 0.3) is 11.1 Å². The number of nitrogens with one attached hydrogen (secondary N) is 1. The van der Waals surface area contributed by atoms with E-state index in [1.54, 1.807) is 4.90 Å². The molecule has 3 aromatic carbocycles. The van der Waals surface area contributed by atoms with E-state index in [0.717, 1.165) is 22.4 Å². The lowest BCUT2D eigenvalue weighted by Crippen LogP contribution is -2.42. The molecule has 182 valence electrons. The van der Waals surface area contributed by atoms with E-state index in [0.29, 0.717) is 25.9 Å². The summed E-state index contributed by atoms with van der Waals surface area (Å²) in [4.78, 5) is 32.8. The fraction of sp³-hybridized carbons (Fsp3) is 0.276. The molecule has 2 amide bonds. The van der Waals surface area contributed by atoms with Crippen molar-refractivity contribution in [1.82, 2.24) is 10.2 Å². The third kappa shape index (κ3) is 4.11. The summed E-state index contributed by atoms with van der Waals surface area (Å²) in [7, 11) is 0. The summed E-state index contributed by atoms with van der Waals surface area (Å²) < 4.78 is 5.55. The molecule has 1 fully saturated rings. The molecular formula is C29H27N3O4. The van der Waals surface area contributed by atoms with Gasteiger partial charge < -0.3 is 19.8 Å². The van der Waals surface area contributed by atoms with Crippen molar-refractivity contribution in [2.75, 3.05) is 26.2 Å². The first kappa shape index (κ1) is 22.3. The minimum Gasteiger partial charge on any atom is -0.449 e. The number of alkyl carbamates (subject to hydrolysis) is 1. The monoisotopic (exact) mass is 481 g/mol. The Morgan fingerprint density at radius 1 is 0.972 bits per heavy atom. The Hall–Kier alpha value is -4.13. The number of likely N-dealkylation sites (tertiary alicyclic amines) is 1. The van der Waals surface area contributed by atoms with Crippen LogP contribution in [-0.2, 0) is 14.4 Å². The molecule has 6 rings (SSSR count). The number of nitrogens with zero attached hydrogens (tertiary/aromatic N) is 2. The normalized spacial score (nSPS) is 20.0. The minimum atomic E-state index is -0.592. The molecule has 1 N–H and O–H groups in total. The van der Waals surface area contributed by atoms with Gasteiger partial charge in [0, 0.05) is 25.3 Å². The highest BCUT2D eigenvalue weighted by atomic mass is 16.7. The van der Waals surface area contributed by atoms with E-state index >= 15 is 0 Å². The first-order valence-electron chi connectivity index (χ1n) is 12.3. The molecule has 3 aliphatic rings. The maximum atomic E-state index is 12.8. The van der Waals surface area contributed by atoms with Crippen LogP contribution in [0.1, 0.15) is 35.4 Å². The van der Waals surface area contributed by atoms with E-state index in [2.05, 4.69) is 34.7 Å². The molecule has 0 bridgehead atoms. The van der Waals surface area contributed by atoms with E-state index in [1.807, 2.05) is 54.6 Å². The Morgan fingerprint density at radius 2 is 1.64 bits per heavy atom. The number of oxime groups is 1. The first-order chi connectivity index (χ1) is 17.6. The smallest absolute Gasteiger partial charge is 0.407 e. The molecular weight excluding hydrogens is 454 g/mol. The molecule has 1 atom stereocenters. The number of hydrogen-bond donors (Lipinski definition) is 1. The number of carbonyl (C=O) groups excluding carboxylic acids is 2. The third-order valence-electron chi connectivity index (χ3n) is 7.34. The fourth-order valence-electron chi connectivity index (χ4n) is 5.49. The van der Waals surface area contributed by atoms with Crippen molar-refractivity contribution in [2.45, 2.75) is 24.4 Å². The predicted octanol–water partition coefficient (Wildman–Crippen LogP) is 4.32. The van der Waals surface area contributed by atoms with Gasteiger partial charge in [0.1, 0.15) is 13.2 Å². The van der Waals surface area contributed by atoms with Crippen LogP contribution in [0, 0.1) is 0 Å². The van der Waals surface area contributed by atoms with Crippen molar-refractivity contribution in [1.29, 1.82) is 0 Å². The van der Waals surface area contributed by atoms with Crippen LogP contribution < -0.4 is 5.32 Å². The van der Waals surface area contributed by atoms with Gasteiger partial charge in [0.2, 0.25) is 5.91 Å². The zero-order valence-electron chi connectivity index (χ0n) is 19.9. The van der Waals surface area contributed by atoms with Gasteiger partial charge in [-0.2, -0.15) is 0 Å². The lowest BCUT2D eigenvalue weighted by molar-refractivity contribution is -0.130. The second kappa shape index (κ2) is 9.15. The van der Waals surface area contributed by atoms with Crippen molar-refractivity contribution in [3.63, 3.8) is 0 Å². The lowest BCUT2D eigenvalue weighted by Gasteiger charge is -2.22. The number of fused-ring (bicyclic) bond motifs is 3. The number of amides is 2. The highest BCUT2D eigenvalue weighted by Gasteiger charge is 2.46. The summed E-state index contributed by atoms with van der Waals surface area (Å²) in [5.74, 6) is -0.173. The maximum Gasteiger partial charge on any atom is 0.407 e. The van der Waals surface area contributed by atoms with Crippen molar-refractivity contribution in [2.24, 2.45) is 5.16 Å². The topological polar surface area (TPSA) is 80.2 Å². The Balaban J connectivity index is 1.00. The van der Waals surface area contributed by atoms with Crippen molar-refractivity contribution in [3.8, 4) is 11.1 Å². The molecule has 7 nitrogen and oxygen atoms in total. The Bertz CT molecular complexity index is 1290. The Kier molecular flexibility index (Phi) is 5.68. The number of benzene rings is 3. The third-order valence-corrected chi connectivity index (χ3v) is 7.34. The summed E-state index contributed by atoms with van der Waals surface area (Å²) >= 11 is 0. The molecule has 0 aromatic heterocycles. The molecule has 2 heterocycles. The maximum absolute atomic E-state index is 12.8. The number of hydrogen-bond acceptors (Lipinski definition) is 5. The van der Waals surface area contributed by atoms with E-state index in [-0.39, 0.29) is 25.0 Å². The summed E-state index contributed by atoms with van der Waals surface area (Å²) in [6.45, 7) is 1.13. The second-order valence-electron chi connectivity index (χ2n) is 9.60. The Morgan fingerprint density at radius 3 is 2.36 bits per heavy atom. The highest BCUT2D eigenvalue weighted by Crippen LogP contribution is 2.44. The summed E-state index contributed by atoms with van der Waals surface area (Å²) in [5, 5.41) is 6.92. The van der Waals surface area contributed by atoms with Gasteiger partial charge in [0.25, 0.3) is 0 Å². The molecule has 1 spiro atoms. The zero-order valence-corrected chi connectivity index (χ0v) is 19.9. The zero-order chi connectivity index (χ0) is 24.5.